The lowest BCUT2D eigenvalue weighted by molar-refractivity contribution is -0.268. The van der Waals surface area contributed by atoms with Gasteiger partial charge >= 0.3 is 0 Å². The molecule has 5 rings (SSSR count). The van der Waals surface area contributed by atoms with E-state index >= 15 is 0 Å². The van der Waals surface area contributed by atoms with Gasteiger partial charge in [0.2, 0.25) is 6.29 Å². The van der Waals surface area contributed by atoms with Gasteiger partial charge in [0.15, 0.2) is 5.43 Å². The summed E-state index contributed by atoms with van der Waals surface area (Å²) >= 11 is 0. The molecule has 0 amide bonds. The Labute approximate surface area is 231 Å². The Morgan fingerprint density at radius 3 is 2.15 bits per heavy atom. The van der Waals surface area contributed by atoms with Crippen LogP contribution < -0.4 is 10.2 Å². The maximum atomic E-state index is 13.1. The van der Waals surface area contributed by atoms with E-state index in [2.05, 4.69) is 0 Å². The van der Waals surface area contributed by atoms with E-state index in [0.29, 0.717) is 5.56 Å². The standard InChI is InChI=1S/C27H30O14/c1-9-19(31)22(34)25(37)27(38-9)39-11-4-2-10(3-5-11)14-6-12(29)17-15(40-14)7-13(30)18(21(17)33)26-24(36)23(35)20(32)16(8-28)41-26/h2-7,9,16,19-20,22-28,30-37H,8H2,1H3/t9-,16+,19+,20-,22-,23+,24-,25+,26+,27+/m1/s1. The minimum absolute atomic E-state index is 0.0505. The molecule has 1 aromatic heterocycles. The van der Waals surface area contributed by atoms with Gasteiger partial charge in [-0.05, 0) is 31.2 Å². The molecule has 0 unspecified atom stereocenters. The Hall–Kier alpha value is -3.31. The van der Waals surface area contributed by atoms with Gasteiger partial charge in [-0.15, -0.1) is 0 Å². The number of hydrogen-bond donors (Lipinski definition) is 9. The second kappa shape index (κ2) is 11.2. The van der Waals surface area contributed by atoms with Crippen molar-refractivity contribution in [3.8, 4) is 28.6 Å². The lowest BCUT2D eigenvalue weighted by Crippen LogP contribution is -2.58. The van der Waals surface area contributed by atoms with Crippen molar-refractivity contribution >= 4 is 11.0 Å². The number of ether oxygens (including phenoxy) is 3. The smallest absolute Gasteiger partial charge is 0.229 e. The second-order valence-corrected chi connectivity index (χ2v) is 10.1. The summed E-state index contributed by atoms with van der Waals surface area (Å²) in [6, 6.07) is 8.11. The van der Waals surface area contributed by atoms with Crippen LogP contribution in [0.1, 0.15) is 18.6 Å². The average Bonchev–Trinajstić information content (AvgIpc) is 2.94. The zero-order chi connectivity index (χ0) is 29.7. The van der Waals surface area contributed by atoms with Gasteiger partial charge < -0.3 is 64.6 Å². The van der Waals surface area contributed by atoms with Gasteiger partial charge in [0, 0.05) is 17.7 Å². The second-order valence-electron chi connectivity index (χ2n) is 10.1. The van der Waals surface area contributed by atoms with E-state index in [1.165, 1.54) is 31.2 Å². The summed E-state index contributed by atoms with van der Waals surface area (Å²) in [6.45, 7) is 0.785. The van der Waals surface area contributed by atoms with Crippen molar-refractivity contribution in [3.63, 3.8) is 0 Å². The van der Waals surface area contributed by atoms with Gasteiger partial charge in [-0.25, -0.2) is 0 Å². The highest BCUT2D eigenvalue weighted by atomic mass is 16.7. The molecule has 2 aromatic carbocycles. The van der Waals surface area contributed by atoms with Gasteiger partial charge in [-0.2, -0.15) is 0 Å². The van der Waals surface area contributed by atoms with E-state index < -0.39 is 90.3 Å². The number of phenols is 2. The van der Waals surface area contributed by atoms with Gasteiger partial charge in [0.05, 0.1) is 18.3 Å². The fraction of sp³-hybridized carbons (Fsp3) is 0.444. The molecule has 14 heteroatoms. The van der Waals surface area contributed by atoms with Crippen molar-refractivity contribution in [2.75, 3.05) is 6.61 Å². The van der Waals surface area contributed by atoms with Crippen molar-refractivity contribution in [2.45, 2.75) is 68.1 Å². The lowest BCUT2D eigenvalue weighted by atomic mass is 9.89. The fourth-order valence-corrected chi connectivity index (χ4v) is 5.01. The van der Waals surface area contributed by atoms with Gasteiger partial charge in [0.1, 0.15) is 82.8 Å². The van der Waals surface area contributed by atoms with Crippen LogP contribution in [-0.4, -0.2) is 108 Å². The third kappa shape index (κ3) is 5.14. The molecule has 2 saturated heterocycles. The Morgan fingerprint density at radius 1 is 0.829 bits per heavy atom. The largest absolute Gasteiger partial charge is 0.507 e. The number of rotatable bonds is 5. The third-order valence-electron chi connectivity index (χ3n) is 7.39. The molecular formula is C27H30O14. The van der Waals surface area contributed by atoms with E-state index in [1.54, 1.807) is 0 Å². The fourth-order valence-electron chi connectivity index (χ4n) is 5.01. The first-order valence-corrected chi connectivity index (χ1v) is 12.7. The van der Waals surface area contributed by atoms with Gasteiger partial charge in [-0.3, -0.25) is 4.79 Å². The van der Waals surface area contributed by atoms with Crippen molar-refractivity contribution in [2.24, 2.45) is 0 Å². The number of fused-ring (bicyclic) bond motifs is 1. The molecule has 0 bridgehead atoms. The summed E-state index contributed by atoms with van der Waals surface area (Å²) < 4.78 is 22.2. The number of hydrogen-bond acceptors (Lipinski definition) is 14. The van der Waals surface area contributed by atoms with Crippen LogP contribution in [0.2, 0.25) is 0 Å². The first-order chi connectivity index (χ1) is 19.4. The number of aliphatic hydroxyl groups excluding tert-OH is 7. The van der Waals surface area contributed by atoms with Crippen LogP contribution in [0.15, 0.2) is 45.6 Å². The SMILES string of the molecule is C[C@H]1O[C@@H](Oc2ccc(-c3cc(=O)c4c(O)c([C@@H]5O[C@@H](CO)[C@@H](O)[C@H](O)[C@H]5O)c(O)cc4o3)cc2)[C@@H](O)[C@H](O)[C@H]1O. The zero-order valence-electron chi connectivity index (χ0n) is 21.5. The van der Waals surface area contributed by atoms with Gasteiger partial charge in [-0.1, -0.05) is 0 Å². The lowest BCUT2D eigenvalue weighted by Gasteiger charge is -2.40. The molecule has 14 nitrogen and oxygen atoms in total. The Morgan fingerprint density at radius 2 is 1.49 bits per heavy atom. The summed E-state index contributed by atoms with van der Waals surface area (Å²) in [5.41, 5.74) is -0.973. The molecule has 10 atom stereocenters. The quantitative estimate of drug-likeness (QED) is 0.169. The predicted molar refractivity (Wildman–Crippen MR) is 137 cm³/mol. The van der Waals surface area contributed by atoms with Crippen molar-refractivity contribution < 1.29 is 64.6 Å². The Balaban J connectivity index is 1.43. The number of aliphatic hydroxyl groups is 7. The van der Waals surface area contributed by atoms with E-state index in [1.807, 2.05) is 0 Å². The highest BCUT2D eigenvalue weighted by Gasteiger charge is 2.46. The van der Waals surface area contributed by atoms with E-state index in [4.69, 9.17) is 18.6 Å². The molecule has 0 spiro atoms. The van der Waals surface area contributed by atoms with Crippen LogP contribution in [0.3, 0.4) is 0 Å². The Kier molecular flexibility index (Phi) is 7.95. The van der Waals surface area contributed by atoms with Crippen LogP contribution in [-0.2, 0) is 9.47 Å². The molecule has 41 heavy (non-hydrogen) atoms. The molecule has 0 saturated carbocycles. The van der Waals surface area contributed by atoms with E-state index in [0.717, 1.165) is 12.1 Å². The summed E-state index contributed by atoms with van der Waals surface area (Å²) in [6.07, 6.45) is -14.5. The minimum atomic E-state index is -1.81. The molecule has 3 aromatic rings. The first-order valence-electron chi connectivity index (χ1n) is 12.7. The summed E-state index contributed by atoms with van der Waals surface area (Å²) in [4.78, 5) is 13.1. The number of aromatic hydroxyl groups is 2. The topological polar surface area (TPSA) is 240 Å². The zero-order valence-corrected chi connectivity index (χ0v) is 21.5. The molecule has 2 fully saturated rings. The Bertz CT molecular complexity index is 1450. The monoisotopic (exact) mass is 578 g/mol. The molecule has 0 radical (unpaired) electrons. The highest BCUT2D eigenvalue weighted by molar-refractivity contribution is 5.88. The molecule has 2 aliphatic heterocycles. The van der Waals surface area contributed by atoms with Crippen LogP contribution in [0, 0.1) is 0 Å². The molecule has 9 N–H and O–H groups in total. The van der Waals surface area contributed by atoms with Gasteiger partial charge in [0.25, 0.3) is 0 Å². The summed E-state index contributed by atoms with van der Waals surface area (Å²) in [7, 11) is 0. The summed E-state index contributed by atoms with van der Waals surface area (Å²) in [5, 5.41) is 91.2. The maximum absolute atomic E-state index is 13.1. The molecular weight excluding hydrogens is 548 g/mol. The van der Waals surface area contributed by atoms with E-state index in [9.17, 15) is 50.8 Å². The number of phenolic OH excluding ortho intramolecular Hbond substituents is 2. The van der Waals surface area contributed by atoms with Crippen molar-refractivity contribution in [1.82, 2.24) is 0 Å². The molecule has 3 heterocycles. The highest BCUT2D eigenvalue weighted by Crippen LogP contribution is 2.44. The normalized spacial score (nSPS) is 34.0. The van der Waals surface area contributed by atoms with Crippen LogP contribution in [0.25, 0.3) is 22.3 Å². The van der Waals surface area contributed by atoms with Crippen LogP contribution in [0.4, 0.5) is 0 Å². The number of benzene rings is 2. The van der Waals surface area contributed by atoms with Crippen molar-refractivity contribution in [1.29, 1.82) is 0 Å². The van der Waals surface area contributed by atoms with Crippen LogP contribution >= 0.6 is 0 Å². The van der Waals surface area contributed by atoms with E-state index in [-0.39, 0.29) is 22.5 Å². The first kappa shape index (κ1) is 29.2. The molecule has 0 aliphatic carbocycles. The maximum Gasteiger partial charge on any atom is 0.229 e. The average molecular weight is 579 g/mol. The van der Waals surface area contributed by atoms with Crippen molar-refractivity contribution in [3.05, 3.63) is 52.2 Å². The molecule has 2 aliphatic rings. The van der Waals surface area contributed by atoms with Crippen LogP contribution in [0.5, 0.6) is 17.2 Å². The molecule has 222 valence electrons. The third-order valence-corrected chi connectivity index (χ3v) is 7.39. The predicted octanol–water partition coefficient (Wildman–Crippen LogP) is -1.41. The minimum Gasteiger partial charge on any atom is -0.507 e. The summed E-state index contributed by atoms with van der Waals surface area (Å²) in [5.74, 6) is -1.14.